The Labute approximate surface area is 109 Å². The van der Waals surface area contributed by atoms with Crippen molar-refractivity contribution in [2.24, 2.45) is 0 Å². The second-order valence-corrected chi connectivity index (χ2v) is 4.81. The third kappa shape index (κ3) is 1.66. The van der Waals surface area contributed by atoms with Crippen molar-refractivity contribution in [1.29, 1.82) is 0 Å². The molecule has 1 aromatic carbocycles. The number of aromatic nitrogens is 1. The van der Waals surface area contributed by atoms with Gasteiger partial charge in [-0.25, -0.2) is 9.37 Å². The summed E-state index contributed by atoms with van der Waals surface area (Å²) in [6.07, 6.45) is 1.48. The highest BCUT2D eigenvalue weighted by Gasteiger charge is 2.19. The third-order valence-electron chi connectivity index (χ3n) is 2.72. The van der Waals surface area contributed by atoms with Crippen LogP contribution < -0.4 is 5.43 Å². The summed E-state index contributed by atoms with van der Waals surface area (Å²) in [6.45, 7) is 0. The van der Waals surface area contributed by atoms with Crippen LogP contribution in [0.4, 0.5) is 10.1 Å². The highest BCUT2D eigenvalue weighted by Crippen LogP contribution is 2.32. The van der Waals surface area contributed by atoms with Crippen LogP contribution in [0.5, 0.6) is 0 Å². The average molecular weight is 276 g/mol. The summed E-state index contributed by atoms with van der Waals surface area (Å²) >= 11 is 0.942. The molecule has 0 atom stereocenters. The van der Waals surface area contributed by atoms with Crippen LogP contribution in [0.1, 0.15) is 0 Å². The fraction of sp³-hybridized carbons (Fsp3) is 0. The number of fused-ring (bicyclic) bond motifs is 2. The van der Waals surface area contributed by atoms with Gasteiger partial charge in [-0.3, -0.25) is 14.9 Å². The molecule has 0 N–H and O–H groups in total. The number of nitro groups is 1. The molecule has 0 unspecified atom stereocenters. The van der Waals surface area contributed by atoms with Crippen LogP contribution in [-0.4, -0.2) is 9.91 Å². The van der Waals surface area contributed by atoms with E-state index in [9.17, 15) is 19.3 Å². The number of nitrogens with zero attached hydrogens (tertiary/aromatic N) is 2. The van der Waals surface area contributed by atoms with Gasteiger partial charge in [-0.05, 0) is 18.2 Å². The van der Waals surface area contributed by atoms with Crippen molar-refractivity contribution in [3.8, 4) is 0 Å². The van der Waals surface area contributed by atoms with Crippen molar-refractivity contribution in [2.45, 2.75) is 0 Å². The number of pyridine rings is 1. The third-order valence-corrected chi connectivity index (χ3v) is 3.86. The van der Waals surface area contributed by atoms with E-state index in [1.165, 1.54) is 12.3 Å². The second kappa shape index (κ2) is 4.06. The molecule has 0 saturated carbocycles. The van der Waals surface area contributed by atoms with Crippen LogP contribution in [0.15, 0.2) is 35.3 Å². The molecule has 5 nitrogen and oxygen atoms in total. The van der Waals surface area contributed by atoms with E-state index in [1.54, 1.807) is 6.07 Å². The van der Waals surface area contributed by atoms with E-state index in [2.05, 4.69) is 4.98 Å². The maximum absolute atomic E-state index is 13.8. The van der Waals surface area contributed by atoms with Crippen LogP contribution in [0.3, 0.4) is 0 Å². The molecule has 19 heavy (non-hydrogen) atoms. The normalized spacial score (nSPS) is 11.0. The molecule has 0 spiro atoms. The Morgan fingerprint density at radius 1 is 1.32 bits per heavy atom. The van der Waals surface area contributed by atoms with E-state index in [0.29, 0.717) is 4.83 Å². The number of non-ortho nitro benzene ring substituents is 1. The van der Waals surface area contributed by atoms with Gasteiger partial charge in [0.15, 0.2) is 0 Å². The van der Waals surface area contributed by atoms with Crippen molar-refractivity contribution in [3.63, 3.8) is 0 Å². The lowest BCUT2D eigenvalue weighted by Crippen LogP contribution is -2.05. The Balaban J connectivity index is 2.64. The second-order valence-electron chi connectivity index (χ2n) is 3.82. The van der Waals surface area contributed by atoms with E-state index in [0.717, 1.165) is 23.5 Å². The SMILES string of the molecule is O=c1c2cccnc2sc2c([N+](=O)[O-])ccc(F)c12. The number of rotatable bonds is 1. The predicted octanol–water partition coefficient (Wildman–Crippen LogP) is 2.86. The molecule has 3 aromatic rings. The summed E-state index contributed by atoms with van der Waals surface area (Å²) in [4.78, 5) is 26.8. The molecule has 0 bridgehead atoms. The first-order chi connectivity index (χ1) is 9.09. The molecule has 3 rings (SSSR count). The molecule has 2 heterocycles. The minimum Gasteiger partial charge on any atom is -0.288 e. The van der Waals surface area contributed by atoms with Gasteiger partial charge >= 0.3 is 0 Å². The lowest BCUT2D eigenvalue weighted by molar-refractivity contribution is -0.382. The van der Waals surface area contributed by atoms with Crippen molar-refractivity contribution in [1.82, 2.24) is 4.98 Å². The van der Waals surface area contributed by atoms with Gasteiger partial charge in [0.25, 0.3) is 5.69 Å². The Kier molecular flexibility index (Phi) is 2.49. The van der Waals surface area contributed by atoms with Gasteiger partial charge in [-0.2, -0.15) is 0 Å². The number of hydrogen-bond donors (Lipinski definition) is 0. The van der Waals surface area contributed by atoms with Gasteiger partial charge in [0.2, 0.25) is 5.43 Å². The maximum atomic E-state index is 13.8. The molecule has 0 fully saturated rings. The van der Waals surface area contributed by atoms with Crippen LogP contribution in [-0.2, 0) is 0 Å². The zero-order valence-corrected chi connectivity index (χ0v) is 10.1. The molecule has 0 amide bonds. The van der Waals surface area contributed by atoms with Crippen molar-refractivity contribution in [2.75, 3.05) is 0 Å². The fourth-order valence-corrected chi connectivity index (χ4v) is 3.00. The molecule has 7 heteroatoms. The standard InChI is InChI=1S/C12H5FN2O3S/c13-7-3-4-8(15(17)18)11-9(7)10(16)6-2-1-5-14-12(6)19-11/h1-5H. The van der Waals surface area contributed by atoms with Crippen LogP contribution in [0.25, 0.3) is 20.3 Å². The largest absolute Gasteiger partial charge is 0.288 e. The van der Waals surface area contributed by atoms with Crippen molar-refractivity contribution >= 4 is 37.3 Å². The Morgan fingerprint density at radius 3 is 2.84 bits per heavy atom. The molecule has 2 aromatic heterocycles. The van der Waals surface area contributed by atoms with E-state index in [4.69, 9.17) is 0 Å². The average Bonchev–Trinajstić information content (AvgIpc) is 2.38. The van der Waals surface area contributed by atoms with Gasteiger partial charge < -0.3 is 0 Å². The minimum atomic E-state index is -0.757. The van der Waals surface area contributed by atoms with E-state index in [-0.39, 0.29) is 21.2 Å². The van der Waals surface area contributed by atoms with Crippen LogP contribution in [0.2, 0.25) is 0 Å². The Hall–Kier alpha value is -2.41. The molecule has 94 valence electrons. The highest BCUT2D eigenvalue weighted by molar-refractivity contribution is 7.24. The quantitative estimate of drug-likeness (QED) is 0.389. The molecular formula is C12H5FN2O3S. The molecule has 0 saturated heterocycles. The first kappa shape index (κ1) is 11.7. The van der Waals surface area contributed by atoms with E-state index in [1.807, 2.05) is 0 Å². The predicted molar refractivity (Wildman–Crippen MR) is 70.0 cm³/mol. The molecule has 0 aliphatic heterocycles. The lowest BCUT2D eigenvalue weighted by atomic mass is 10.2. The smallest absolute Gasteiger partial charge is 0.287 e. The van der Waals surface area contributed by atoms with Gasteiger partial charge in [0, 0.05) is 12.3 Å². The zero-order chi connectivity index (χ0) is 13.6. The minimum absolute atomic E-state index is 0.0150. The summed E-state index contributed by atoms with van der Waals surface area (Å²) < 4.78 is 13.8. The summed E-state index contributed by atoms with van der Waals surface area (Å²) in [5, 5.41) is 11.0. The lowest BCUT2D eigenvalue weighted by Gasteiger charge is -2.01. The number of benzene rings is 1. The summed E-state index contributed by atoms with van der Waals surface area (Å²) in [7, 11) is 0. The number of nitro benzene ring substituents is 1. The highest BCUT2D eigenvalue weighted by atomic mass is 32.1. The fourth-order valence-electron chi connectivity index (χ4n) is 1.88. The molecule has 0 aliphatic carbocycles. The topological polar surface area (TPSA) is 73.1 Å². The summed E-state index contributed by atoms with van der Waals surface area (Å²) in [6, 6.07) is 5.09. The number of halogens is 1. The van der Waals surface area contributed by atoms with Crippen molar-refractivity contribution < 1.29 is 9.31 Å². The molecule has 0 radical (unpaired) electrons. The zero-order valence-electron chi connectivity index (χ0n) is 9.29. The summed E-state index contributed by atoms with van der Waals surface area (Å²) in [5.41, 5.74) is -0.857. The first-order valence-electron chi connectivity index (χ1n) is 5.24. The van der Waals surface area contributed by atoms with E-state index >= 15 is 0 Å². The summed E-state index contributed by atoms with van der Waals surface area (Å²) in [5.74, 6) is -0.757. The van der Waals surface area contributed by atoms with E-state index < -0.39 is 16.2 Å². The van der Waals surface area contributed by atoms with Crippen LogP contribution in [0, 0.1) is 15.9 Å². The Morgan fingerprint density at radius 2 is 2.11 bits per heavy atom. The maximum Gasteiger partial charge on any atom is 0.287 e. The first-order valence-corrected chi connectivity index (χ1v) is 6.05. The monoisotopic (exact) mass is 276 g/mol. The van der Waals surface area contributed by atoms with Gasteiger partial charge in [0.1, 0.15) is 15.3 Å². The van der Waals surface area contributed by atoms with Crippen LogP contribution >= 0.6 is 11.3 Å². The van der Waals surface area contributed by atoms with Gasteiger partial charge in [-0.15, -0.1) is 11.3 Å². The molecular weight excluding hydrogens is 271 g/mol. The van der Waals surface area contributed by atoms with Crippen molar-refractivity contribution in [3.05, 3.63) is 56.6 Å². The van der Waals surface area contributed by atoms with Gasteiger partial charge in [-0.1, -0.05) is 0 Å². The van der Waals surface area contributed by atoms with Gasteiger partial charge in [0.05, 0.1) is 15.7 Å². The molecule has 0 aliphatic rings. The Bertz CT molecular complexity index is 891. The number of hydrogen-bond acceptors (Lipinski definition) is 5.